The normalized spacial score (nSPS) is 10.3. The zero-order valence-electron chi connectivity index (χ0n) is 66.2. The molecule has 101 heavy (non-hydrogen) atoms. The zero-order valence-corrected chi connectivity index (χ0v) is 66.2. The van der Waals surface area contributed by atoms with E-state index in [1.807, 2.05) is 91.0 Å². The Balaban J connectivity index is 0.000000569. The predicted molar refractivity (Wildman–Crippen MR) is 431 cm³/mol. The number of methoxy groups -OCH3 is 5. The third kappa shape index (κ3) is 38.0. The van der Waals surface area contributed by atoms with Crippen LogP contribution in [0.3, 0.4) is 0 Å². The highest BCUT2D eigenvalue weighted by Crippen LogP contribution is 2.30. The summed E-state index contributed by atoms with van der Waals surface area (Å²) in [7, 11) is 8.43. The van der Waals surface area contributed by atoms with Gasteiger partial charge in [-0.2, -0.15) is 10.5 Å². The maximum atomic E-state index is 8.77. The highest BCUT2D eigenvalue weighted by Gasteiger charge is 2.08. The van der Waals surface area contributed by atoms with Crippen LogP contribution in [0.15, 0.2) is 218 Å². The summed E-state index contributed by atoms with van der Waals surface area (Å²) in [6.45, 7) is 42.9. The van der Waals surface area contributed by atoms with E-state index in [2.05, 4.69) is 271 Å². The third-order valence-corrected chi connectivity index (χ3v) is 16.5. The van der Waals surface area contributed by atoms with Crippen molar-refractivity contribution in [1.82, 2.24) is 0 Å². The molecule has 0 unspecified atom stereocenters. The monoisotopic (exact) mass is 1370 g/mol. The summed E-state index contributed by atoms with van der Waals surface area (Å²) >= 11 is 0. The number of nitriles is 2. The molecule has 0 spiro atoms. The molecule has 0 aliphatic rings. The molecule has 0 bridgehead atoms. The van der Waals surface area contributed by atoms with Gasteiger partial charge in [0.15, 0.2) is 11.5 Å². The number of rotatable bonds is 18. The Morgan fingerprint density at radius 3 is 0.970 bits per heavy atom. The van der Waals surface area contributed by atoms with Crippen LogP contribution in [-0.2, 0) is 35.7 Å². The van der Waals surface area contributed by atoms with Crippen LogP contribution in [0.4, 0.5) is 0 Å². The first-order valence-electron chi connectivity index (χ1n) is 36.0. The van der Waals surface area contributed by atoms with Crippen LogP contribution in [-0.4, -0.2) is 40.7 Å². The Labute approximate surface area is 613 Å². The summed E-state index contributed by atoms with van der Waals surface area (Å²) in [6, 6.07) is 78.5. The fourth-order valence-corrected chi connectivity index (χ4v) is 9.47. The Morgan fingerprint density at radius 1 is 0.287 bits per heavy atom. The Hall–Kier alpha value is -8.76. The van der Waals surface area contributed by atoms with Gasteiger partial charge in [0.1, 0.15) is 5.75 Å². The first-order valence-corrected chi connectivity index (χ1v) is 36.0. The summed E-state index contributed by atoms with van der Waals surface area (Å²) < 4.78 is 25.5. The largest absolute Gasteiger partial charge is 0.497 e. The molecule has 0 saturated heterocycles. The fourth-order valence-electron chi connectivity index (χ4n) is 9.47. The second-order valence-electron chi connectivity index (χ2n) is 27.5. The maximum Gasteiger partial charge on any atom is 0.160 e. The number of aliphatic hydroxyl groups excluding tert-OH is 1. The van der Waals surface area contributed by atoms with Crippen LogP contribution in [0, 0.1) is 22.7 Å². The van der Waals surface area contributed by atoms with Gasteiger partial charge in [-0.05, 0) is 181 Å². The van der Waals surface area contributed by atoms with E-state index >= 15 is 0 Å². The molecule has 0 saturated carbocycles. The Bertz CT molecular complexity index is 3510. The van der Waals surface area contributed by atoms with Crippen molar-refractivity contribution in [3.63, 3.8) is 0 Å². The van der Waals surface area contributed by atoms with Crippen LogP contribution in [0.25, 0.3) is 0 Å². The van der Waals surface area contributed by atoms with Crippen molar-refractivity contribution in [3.8, 4) is 29.4 Å². The van der Waals surface area contributed by atoms with Gasteiger partial charge >= 0.3 is 0 Å². The summed E-state index contributed by atoms with van der Waals surface area (Å²) in [5.74, 6) is 7.76. The lowest BCUT2D eigenvalue weighted by atomic mass is 10.0. The van der Waals surface area contributed by atoms with Gasteiger partial charge in [0.2, 0.25) is 0 Å². The van der Waals surface area contributed by atoms with Gasteiger partial charge in [-0.3, -0.25) is 0 Å². The van der Waals surface area contributed by atoms with Crippen LogP contribution >= 0.6 is 0 Å². The average molecular weight is 1370 g/mol. The molecule has 0 aromatic heterocycles. The molecule has 0 atom stereocenters. The number of benzene rings is 9. The second kappa shape index (κ2) is 52.3. The van der Waals surface area contributed by atoms with E-state index < -0.39 is 0 Å². The van der Waals surface area contributed by atoms with Crippen LogP contribution in [0.2, 0.25) is 0 Å². The van der Waals surface area contributed by atoms with Crippen molar-refractivity contribution in [2.75, 3.05) is 35.5 Å². The Morgan fingerprint density at radius 2 is 0.614 bits per heavy atom. The molecule has 0 amide bonds. The minimum absolute atomic E-state index is 0.137. The van der Waals surface area contributed by atoms with Gasteiger partial charge in [-0.15, -0.1) is 0 Å². The lowest BCUT2D eigenvalue weighted by Gasteiger charge is -2.11. The number of nitrogens with zero attached hydrogens (tertiary/aromatic N) is 2. The number of ether oxygens (including phenoxy) is 5. The zero-order chi connectivity index (χ0) is 75.8. The molecule has 8 nitrogen and oxygen atoms in total. The molecule has 0 aliphatic heterocycles. The van der Waals surface area contributed by atoms with E-state index in [1.54, 1.807) is 35.5 Å². The van der Waals surface area contributed by atoms with Crippen LogP contribution < -0.4 is 14.2 Å². The van der Waals surface area contributed by atoms with Crippen molar-refractivity contribution in [2.45, 2.75) is 211 Å². The molecule has 1 N–H and O–H groups in total. The minimum Gasteiger partial charge on any atom is -0.497 e. The van der Waals surface area contributed by atoms with E-state index in [-0.39, 0.29) is 6.61 Å². The standard InChI is InChI=1S/C11H16O2.2C11H16O.C11H16.2C10H11N.2C10H14O.C9H12/c1-8(2)9-5-6-10(12-3)11(7-9)13-4;1-9(2)11-6-4-10(5-7-11)8-12-3;1-9(2)11-6-4-5-10(7-11)8-12-3;1-4-10-5-7-11(8-6-10)9(2)3;1-8(2)10-5-3-9(7-11)4-6-10;1-8(2)10-5-3-4-9(6-10)7-11;1-8(2)9-4-6-10(11-3)7-5-9;1-8(2)10-5-3-9(7-11)4-6-10;1-8(2)9-6-4-3-5-7-9/h5-8H,1-4H3;2*4-7,9H,8H2,1-3H3;5-9H,4H2,1-3H3;2*3-6,8H,1-2H3;4-8H,1-3H3;3-6,8,11H,7H2,1-2H3;3-8H,1-2H3. The number of aliphatic hydroxyl groups is 1. The predicted octanol–water partition coefficient (Wildman–Crippen LogP) is 25.4. The van der Waals surface area contributed by atoms with E-state index in [9.17, 15) is 0 Å². The molecular weight excluding hydrogens is 1240 g/mol. The summed E-state index contributed by atoms with van der Waals surface area (Å²) in [6.07, 6.45) is 1.14. The van der Waals surface area contributed by atoms with Crippen molar-refractivity contribution < 1.29 is 28.8 Å². The molecule has 9 aromatic carbocycles. The van der Waals surface area contributed by atoms with Gasteiger partial charge in [-0.25, -0.2) is 0 Å². The first-order chi connectivity index (χ1) is 48.1. The quantitative estimate of drug-likeness (QED) is 0.0904. The van der Waals surface area contributed by atoms with Gasteiger partial charge < -0.3 is 28.8 Å². The van der Waals surface area contributed by atoms with Gasteiger partial charge in [0.25, 0.3) is 0 Å². The molecule has 0 heterocycles. The van der Waals surface area contributed by atoms with E-state index in [0.29, 0.717) is 66.5 Å². The topological polar surface area (TPSA) is 114 Å². The van der Waals surface area contributed by atoms with Crippen molar-refractivity contribution >= 4 is 0 Å². The van der Waals surface area contributed by atoms with Crippen molar-refractivity contribution in [3.05, 3.63) is 302 Å². The molecule has 8 heteroatoms. The van der Waals surface area contributed by atoms with Crippen LogP contribution in [0.5, 0.6) is 17.2 Å². The highest BCUT2D eigenvalue weighted by atomic mass is 16.5. The molecule has 9 rings (SSSR count). The second-order valence-corrected chi connectivity index (χ2v) is 27.5. The van der Waals surface area contributed by atoms with Gasteiger partial charge in [0.05, 0.1) is 64.4 Å². The maximum absolute atomic E-state index is 8.77. The van der Waals surface area contributed by atoms with Gasteiger partial charge in [-0.1, -0.05) is 301 Å². The van der Waals surface area contributed by atoms with Crippen molar-refractivity contribution in [2.24, 2.45) is 0 Å². The molecular formula is C93H126N2O6. The molecule has 0 aliphatic carbocycles. The summed E-state index contributed by atoms with van der Waals surface area (Å²) in [4.78, 5) is 0. The lowest BCUT2D eigenvalue weighted by Crippen LogP contribution is -1.93. The van der Waals surface area contributed by atoms with E-state index in [0.717, 1.165) is 40.4 Å². The number of hydrogen-bond donors (Lipinski definition) is 1. The van der Waals surface area contributed by atoms with Gasteiger partial charge in [0, 0.05) is 14.2 Å². The smallest absolute Gasteiger partial charge is 0.160 e. The Kier molecular flexibility index (Phi) is 46.7. The number of hydrogen-bond acceptors (Lipinski definition) is 8. The average Bonchev–Trinajstić information content (AvgIpc) is 0.872. The SMILES string of the molecule is CC(C)c1ccc(C#N)cc1.CC(C)c1ccc(CO)cc1.CC(C)c1cccc(C#N)c1.CC(C)c1ccccc1.CCc1ccc(C(C)C)cc1.COCc1ccc(C(C)C)cc1.COCc1cccc(C(C)C)c1.COc1ccc(C(C)C)cc1.COc1ccc(C(C)C)cc1OC. The van der Waals surface area contributed by atoms with E-state index in [1.165, 1.54) is 66.8 Å². The first kappa shape index (κ1) is 90.3. The van der Waals surface area contributed by atoms with Crippen molar-refractivity contribution in [1.29, 1.82) is 10.5 Å². The van der Waals surface area contributed by atoms with E-state index in [4.69, 9.17) is 39.3 Å². The molecule has 0 fully saturated rings. The summed E-state index contributed by atoms with van der Waals surface area (Å²) in [5.41, 5.74) is 18.4. The number of aryl methyl sites for hydroxylation is 1. The highest BCUT2D eigenvalue weighted by molar-refractivity contribution is 5.44. The minimum atomic E-state index is 0.137. The van der Waals surface area contributed by atoms with Crippen LogP contribution in [0.1, 0.15) is 268 Å². The molecule has 0 radical (unpaired) electrons. The summed E-state index contributed by atoms with van der Waals surface area (Å²) in [5, 5.41) is 25.9. The fraction of sp³-hybridized carbons (Fsp3) is 0.398. The molecule has 9 aromatic rings. The lowest BCUT2D eigenvalue weighted by molar-refractivity contribution is 0.185. The molecule has 544 valence electrons. The third-order valence-electron chi connectivity index (χ3n) is 16.5.